The Morgan fingerprint density at radius 3 is 2.50 bits per heavy atom. The molecule has 0 aliphatic heterocycles. The molecule has 0 saturated carbocycles. The molecule has 78 valence electrons. The van der Waals surface area contributed by atoms with Crippen molar-refractivity contribution in [3.63, 3.8) is 0 Å². The first-order valence-electron chi connectivity index (χ1n) is 3.86. The third-order valence-electron chi connectivity index (χ3n) is 1.47. The molecule has 0 spiro atoms. The summed E-state index contributed by atoms with van der Waals surface area (Å²) in [5, 5.41) is 19.1. The highest BCUT2D eigenvalue weighted by Crippen LogP contribution is 1.89. The van der Waals surface area contributed by atoms with E-state index in [-0.39, 0.29) is 6.42 Å². The van der Waals surface area contributed by atoms with Gasteiger partial charge in [0.25, 0.3) is 0 Å². The van der Waals surface area contributed by atoms with Crippen molar-refractivity contribution in [1.82, 2.24) is 5.32 Å². The summed E-state index contributed by atoms with van der Waals surface area (Å²) in [5.41, 5.74) is 5.30. The third-order valence-corrected chi connectivity index (χ3v) is 1.47. The largest absolute Gasteiger partial charge is 0.480 e. The molecule has 0 radical (unpaired) electrons. The minimum Gasteiger partial charge on any atom is -0.480 e. The maximum atomic E-state index is 11.1. The number of carboxylic acids is 1. The lowest BCUT2D eigenvalue weighted by molar-refractivity contribution is -0.143. The van der Waals surface area contributed by atoms with Crippen LogP contribution in [0.3, 0.4) is 0 Å². The Bertz CT molecular complexity index is 259. The van der Waals surface area contributed by atoms with E-state index in [1.165, 1.54) is 0 Å². The Balaban J connectivity index is 4.16. The lowest BCUT2D eigenvalue weighted by Gasteiger charge is -2.14. The van der Waals surface area contributed by atoms with E-state index in [9.17, 15) is 9.59 Å². The van der Waals surface area contributed by atoms with Crippen molar-refractivity contribution in [2.75, 3.05) is 6.61 Å². The fourth-order valence-electron chi connectivity index (χ4n) is 0.684. The molecule has 0 rings (SSSR count). The first-order valence-corrected chi connectivity index (χ1v) is 3.86. The number of terminal acetylenes is 1. The summed E-state index contributed by atoms with van der Waals surface area (Å²) in [6.07, 6.45) is 4.93. The van der Waals surface area contributed by atoms with Gasteiger partial charge in [-0.15, -0.1) is 12.3 Å². The Labute approximate surface area is 81.1 Å². The van der Waals surface area contributed by atoms with Crippen molar-refractivity contribution < 1.29 is 19.8 Å². The minimum atomic E-state index is -1.34. The number of carbonyl (C=O) groups is 2. The second-order valence-corrected chi connectivity index (χ2v) is 2.60. The summed E-state index contributed by atoms with van der Waals surface area (Å²) in [6, 6.07) is -2.29. The first kappa shape index (κ1) is 12.4. The Morgan fingerprint density at radius 2 is 2.14 bits per heavy atom. The van der Waals surface area contributed by atoms with E-state index in [0.29, 0.717) is 0 Å². The zero-order valence-electron chi connectivity index (χ0n) is 7.43. The van der Waals surface area contributed by atoms with E-state index in [1.807, 2.05) is 5.32 Å². The maximum Gasteiger partial charge on any atom is 0.328 e. The fraction of sp³-hybridized carbons (Fsp3) is 0.500. The van der Waals surface area contributed by atoms with E-state index in [1.54, 1.807) is 0 Å². The van der Waals surface area contributed by atoms with Crippen LogP contribution in [-0.4, -0.2) is 40.8 Å². The molecule has 6 heteroatoms. The molecule has 0 saturated heterocycles. The smallest absolute Gasteiger partial charge is 0.328 e. The van der Waals surface area contributed by atoms with E-state index in [0.717, 1.165) is 0 Å². The van der Waals surface area contributed by atoms with E-state index >= 15 is 0 Å². The summed E-state index contributed by atoms with van der Waals surface area (Å²) >= 11 is 0. The molecule has 0 aliphatic carbocycles. The lowest BCUT2D eigenvalue weighted by Crippen LogP contribution is -2.49. The number of nitrogens with one attached hydrogen (secondary N) is 1. The van der Waals surface area contributed by atoms with Gasteiger partial charge in [0.15, 0.2) is 0 Å². The Morgan fingerprint density at radius 1 is 1.57 bits per heavy atom. The molecule has 0 bridgehead atoms. The van der Waals surface area contributed by atoms with Gasteiger partial charge in [0.05, 0.1) is 12.6 Å². The summed E-state index contributed by atoms with van der Waals surface area (Å²) in [5.74, 6) is 0.158. The number of carboxylic acid groups (broad SMARTS) is 1. The molecule has 5 N–H and O–H groups in total. The quantitative estimate of drug-likeness (QED) is 0.380. The fourth-order valence-corrected chi connectivity index (χ4v) is 0.684. The minimum absolute atomic E-state index is 0.0175. The molecule has 0 fully saturated rings. The van der Waals surface area contributed by atoms with Crippen molar-refractivity contribution in [2.24, 2.45) is 5.73 Å². The number of rotatable bonds is 5. The van der Waals surface area contributed by atoms with Crippen LogP contribution in [-0.2, 0) is 9.59 Å². The van der Waals surface area contributed by atoms with Crippen LogP contribution < -0.4 is 11.1 Å². The SMILES string of the molecule is C#CCC(N)C(=O)N[C@H](CO)C(=O)O. The monoisotopic (exact) mass is 200 g/mol. The molecule has 1 amide bonds. The molecule has 0 aliphatic rings. The van der Waals surface area contributed by atoms with Crippen LogP contribution in [0.4, 0.5) is 0 Å². The maximum absolute atomic E-state index is 11.1. The molecule has 0 aromatic carbocycles. The number of aliphatic hydroxyl groups excluding tert-OH is 1. The molecule has 1 unspecified atom stereocenters. The number of aliphatic hydroxyl groups is 1. The van der Waals surface area contributed by atoms with Crippen molar-refractivity contribution in [1.29, 1.82) is 0 Å². The molecule has 6 nitrogen and oxygen atoms in total. The average Bonchev–Trinajstić information content (AvgIpc) is 2.13. The highest BCUT2D eigenvalue weighted by atomic mass is 16.4. The number of amides is 1. The van der Waals surface area contributed by atoms with Crippen molar-refractivity contribution in [2.45, 2.75) is 18.5 Å². The van der Waals surface area contributed by atoms with Gasteiger partial charge in [-0.2, -0.15) is 0 Å². The van der Waals surface area contributed by atoms with Crippen LogP contribution in [0, 0.1) is 12.3 Å². The summed E-state index contributed by atoms with van der Waals surface area (Å²) in [7, 11) is 0. The van der Waals surface area contributed by atoms with Crippen LogP contribution in [0.2, 0.25) is 0 Å². The highest BCUT2D eigenvalue weighted by Gasteiger charge is 2.21. The van der Waals surface area contributed by atoms with E-state index in [4.69, 9.17) is 22.4 Å². The molecular weight excluding hydrogens is 188 g/mol. The first-order chi connectivity index (χ1) is 6.52. The molecule has 0 heterocycles. The standard InChI is InChI=1S/C8H12N2O4/c1-2-3-5(9)7(12)10-6(4-11)8(13)14/h1,5-6,11H,3-4,9H2,(H,10,12)(H,13,14)/t5?,6-/m1/s1. The normalized spacial score (nSPS) is 13.8. The van der Waals surface area contributed by atoms with Crippen LogP contribution in [0.5, 0.6) is 0 Å². The van der Waals surface area contributed by atoms with Gasteiger partial charge in [-0.05, 0) is 0 Å². The number of nitrogens with two attached hydrogens (primary N) is 1. The van der Waals surface area contributed by atoms with Crippen molar-refractivity contribution >= 4 is 11.9 Å². The van der Waals surface area contributed by atoms with Gasteiger partial charge in [0, 0.05) is 6.42 Å². The second-order valence-electron chi connectivity index (χ2n) is 2.60. The number of hydrogen-bond acceptors (Lipinski definition) is 4. The number of hydrogen-bond donors (Lipinski definition) is 4. The lowest BCUT2D eigenvalue weighted by atomic mass is 10.2. The second kappa shape index (κ2) is 5.96. The van der Waals surface area contributed by atoms with Gasteiger partial charge in [-0.3, -0.25) is 4.79 Å². The van der Waals surface area contributed by atoms with Gasteiger partial charge in [-0.25, -0.2) is 4.79 Å². The van der Waals surface area contributed by atoms with Gasteiger partial charge >= 0.3 is 5.97 Å². The van der Waals surface area contributed by atoms with Crippen LogP contribution in [0.1, 0.15) is 6.42 Å². The Kier molecular flexibility index (Phi) is 5.29. The number of aliphatic carboxylic acids is 1. The van der Waals surface area contributed by atoms with Gasteiger partial charge < -0.3 is 21.3 Å². The highest BCUT2D eigenvalue weighted by molar-refractivity contribution is 5.86. The molecular formula is C8H12N2O4. The zero-order chi connectivity index (χ0) is 11.1. The molecule has 0 aromatic rings. The predicted molar refractivity (Wildman–Crippen MR) is 48.1 cm³/mol. The van der Waals surface area contributed by atoms with Crippen LogP contribution >= 0.6 is 0 Å². The van der Waals surface area contributed by atoms with Crippen molar-refractivity contribution in [3.05, 3.63) is 0 Å². The predicted octanol–water partition coefficient (Wildman–Crippen LogP) is -2.10. The Hall–Kier alpha value is -1.58. The summed E-state index contributed by atoms with van der Waals surface area (Å²) < 4.78 is 0. The number of carbonyl (C=O) groups excluding carboxylic acids is 1. The average molecular weight is 200 g/mol. The van der Waals surface area contributed by atoms with Gasteiger partial charge in [-0.1, -0.05) is 0 Å². The van der Waals surface area contributed by atoms with Crippen LogP contribution in [0.25, 0.3) is 0 Å². The summed E-state index contributed by atoms with van der Waals surface area (Å²) in [6.45, 7) is -0.691. The topological polar surface area (TPSA) is 113 Å². The van der Waals surface area contributed by atoms with E-state index < -0.39 is 30.6 Å². The molecule has 2 atom stereocenters. The van der Waals surface area contributed by atoms with Gasteiger partial charge in [0.2, 0.25) is 5.91 Å². The molecule has 14 heavy (non-hydrogen) atoms. The zero-order valence-corrected chi connectivity index (χ0v) is 7.43. The van der Waals surface area contributed by atoms with E-state index in [2.05, 4.69) is 5.92 Å². The van der Waals surface area contributed by atoms with Crippen molar-refractivity contribution in [3.8, 4) is 12.3 Å². The van der Waals surface area contributed by atoms with Gasteiger partial charge in [0.1, 0.15) is 6.04 Å². The molecule has 0 aromatic heterocycles. The third kappa shape index (κ3) is 3.89. The summed E-state index contributed by atoms with van der Waals surface area (Å²) in [4.78, 5) is 21.5. The van der Waals surface area contributed by atoms with Crippen LogP contribution in [0.15, 0.2) is 0 Å².